The van der Waals surface area contributed by atoms with E-state index < -0.39 is 21.7 Å². The van der Waals surface area contributed by atoms with Crippen LogP contribution in [0.4, 0.5) is 5.95 Å². The van der Waals surface area contributed by atoms with Gasteiger partial charge in [-0.25, -0.2) is 18.2 Å². The predicted octanol–water partition coefficient (Wildman–Crippen LogP) is 3.33. The first-order valence-electron chi connectivity index (χ1n) is 9.92. The van der Waals surface area contributed by atoms with Gasteiger partial charge in [-0.05, 0) is 30.5 Å². The summed E-state index contributed by atoms with van der Waals surface area (Å²) in [6, 6.07) is 11.8. The summed E-state index contributed by atoms with van der Waals surface area (Å²) in [5, 5.41) is 4.37. The molecule has 4 aromatic rings. The van der Waals surface area contributed by atoms with Gasteiger partial charge in [0.2, 0.25) is 5.95 Å². The Bertz CT molecular complexity index is 1460. The number of ether oxygens (including phenoxy) is 1. The van der Waals surface area contributed by atoms with Crippen LogP contribution in [0.2, 0.25) is 0 Å². The van der Waals surface area contributed by atoms with E-state index in [4.69, 9.17) is 4.74 Å². The molecule has 0 spiro atoms. The molecular formula is C22H20N4O5S. The number of sulfone groups is 1. The van der Waals surface area contributed by atoms with E-state index in [1.165, 1.54) is 19.1 Å². The fourth-order valence-corrected chi connectivity index (χ4v) is 4.17. The van der Waals surface area contributed by atoms with Crippen LogP contribution in [0.1, 0.15) is 34.7 Å². The molecule has 0 bridgehead atoms. The molecule has 9 nitrogen and oxygen atoms in total. The molecule has 2 aromatic carbocycles. The van der Waals surface area contributed by atoms with Crippen molar-refractivity contribution in [3.63, 3.8) is 0 Å². The Morgan fingerprint density at radius 2 is 1.84 bits per heavy atom. The number of anilines is 1. The number of benzene rings is 2. The molecular weight excluding hydrogens is 432 g/mol. The lowest BCUT2D eigenvalue weighted by molar-refractivity contribution is 0.0528. The van der Waals surface area contributed by atoms with Gasteiger partial charge in [0.1, 0.15) is 11.2 Å². The van der Waals surface area contributed by atoms with Crippen LogP contribution < -0.4 is 5.32 Å². The SMILES string of the molecule is CCOC(=O)c1cc(S(=O)(=O)CC)cc2[nH]c(NC(=O)c3cc4ccccc4cn3)nc12. The van der Waals surface area contributed by atoms with Crippen LogP contribution in [0.25, 0.3) is 21.8 Å². The molecule has 10 heteroatoms. The van der Waals surface area contributed by atoms with Crippen LogP contribution in [0.5, 0.6) is 0 Å². The number of H-pyrrole nitrogens is 1. The number of hydrogen-bond acceptors (Lipinski definition) is 7. The molecule has 2 heterocycles. The highest BCUT2D eigenvalue weighted by atomic mass is 32.2. The standard InChI is InChI=1S/C22H20N4O5S/c1-3-31-21(28)16-10-15(32(29,30)4-2)11-17-19(16)25-22(24-17)26-20(27)18-9-13-7-5-6-8-14(13)12-23-18/h5-12H,3-4H2,1-2H3,(H2,24,25,26,27). The average Bonchev–Trinajstić information content (AvgIpc) is 3.20. The van der Waals surface area contributed by atoms with E-state index in [1.54, 1.807) is 19.2 Å². The van der Waals surface area contributed by atoms with Crippen molar-refractivity contribution in [1.29, 1.82) is 0 Å². The van der Waals surface area contributed by atoms with E-state index in [0.29, 0.717) is 0 Å². The lowest BCUT2D eigenvalue weighted by atomic mass is 10.1. The largest absolute Gasteiger partial charge is 0.462 e. The number of carbonyl (C=O) groups is 2. The monoisotopic (exact) mass is 452 g/mol. The molecule has 0 saturated carbocycles. The minimum atomic E-state index is -3.59. The van der Waals surface area contributed by atoms with Crippen LogP contribution in [0.15, 0.2) is 53.6 Å². The second-order valence-corrected chi connectivity index (χ2v) is 9.23. The zero-order valence-corrected chi connectivity index (χ0v) is 18.2. The number of rotatable bonds is 6. The maximum atomic E-state index is 12.7. The quantitative estimate of drug-likeness (QED) is 0.429. The highest BCUT2D eigenvalue weighted by Gasteiger charge is 2.22. The fourth-order valence-electron chi connectivity index (χ4n) is 3.24. The maximum absolute atomic E-state index is 12.7. The first kappa shape index (κ1) is 21.4. The molecule has 0 aliphatic carbocycles. The number of esters is 1. The van der Waals surface area contributed by atoms with Gasteiger partial charge >= 0.3 is 5.97 Å². The van der Waals surface area contributed by atoms with Crippen molar-refractivity contribution in [1.82, 2.24) is 15.0 Å². The maximum Gasteiger partial charge on any atom is 0.340 e. The van der Waals surface area contributed by atoms with E-state index >= 15 is 0 Å². The number of pyridine rings is 1. The normalized spacial score (nSPS) is 11.6. The second-order valence-electron chi connectivity index (χ2n) is 6.95. The van der Waals surface area contributed by atoms with E-state index in [9.17, 15) is 18.0 Å². The van der Waals surface area contributed by atoms with Crippen LogP contribution in [-0.2, 0) is 14.6 Å². The summed E-state index contributed by atoms with van der Waals surface area (Å²) in [5.74, 6) is -1.29. The summed E-state index contributed by atoms with van der Waals surface area (Å²) in [6.45, 7) is 3.28. The molecule has 164 valence electrons. The number of carbonyl (C=O) groups excluding carboxylic acids is 2. The number of imidazole rings is 1. The summed E-state index contributed by atoms with van der Waals surface area (Å²) in [5.41, 5.74) is 0.658. The third kappa shape index (κ3) is 4.04. The molecule has 0 saturated heterocycles. The van der Waals surface area contributed by atoms with Gasteiger partial charge in [-0.2, -0.15) is 0 Å². The van der Waals surface area contributed by atoms with Crippen molar-refractivity contribution in [2.24, 2.45) is 0 Å². The van der Waals surface area contributed by atoms with Crippen molar-refractivity contribution in [3.05, 3.63) is 59.9 Å². The number of nitrogens with zero attached hydrogens (tertiary/aromatic N) is 2. The zero-order chi connectivity index (χ0) is 22.9. The topological polar surface area (TPSA) is 131 Å². The molecule has 32 heavy (non-hydrogen) atoms. The first-order valence-corrected chi connectivity index (χ1v) is 11.6. The third-order valence-electron chi connectivity index (χ3n) is 4.89. The summed E-state index contributed by atoms with van der Waals surface area (Å²) < 4.78 is 29.8. The molecule has 4 rings (SSSR count). The Hall–Kier alpha value is -3.79. The van der Waals surface area contributed by atoms with E-state index in [0.717, 1.165) is 10.8 Å². The summed E-state index contributed by atoms with van der Waals surface area (Å²) in [7, 11) is -3.59. The molecule has 2 N–H and O–H groups in total. The Kier molecular flexibility index (Phi) is 5.62. The van der Waals surface area contributed by atoms with Crippen LogP contribution in [0, 0.1) is 0 Å². The molecule has 0 unspecified atom stereocenters. The number of aromatic nitrogens is 3. The molecule has 0 aliphatic rings. The summed E-state index contributed by atoms with van der Waals surface area (Å²) in [4.78, 5) is 36.4. The summed E-state index contributed by atoms with van der Waals surface area (Å²) >= 11 is 0. The highest BCUT2D eigenvalue weighted by molar-refractivity contribution is 7.91. The van der Waals surface area contributed by atoms with Crippen LogP contribution >= 0.6 is 0 Å². The number of hydrogen-bond donors (Lipinski definition) is 2. The smallest absolute Gasteiger partial charge is 0.340 e. The van der Waals surface area contributed by atoms with Crippen molar-refractivity contribution in [2.45, 2.75) is 18.7 Å². The lowest BCUT2D eigenvalue weighted by Crippen LogP contribution is -2.14. The Balaban J connectivity index is 1.73. The predicted molar refractivity (Wildman–Crippen MR) is 119 cm³/mol. The van der Waals surface area contributed by atoms with Crippen LogP contribution in [-0.4, -0.2) is 47.6 Å². The molecule has 0 atom stereocenters. The highest BCUT2D eigenvalue weighted by Crippen LogP contribution is 2.25. The van der Waals surface area contributed by atoms with Crippen LogP contribution in [0.3, 0.4) is 0 Å². The van der Waals surface area contributed by atoms with Gasteiger partial charge in [0, 0.05) is 11.6 Å². The second kappa shape index (κ2) is 8.39. The molecule has 1 amide bonds. The van der Waals surface area contributed by atoms with Gasteiger partial charge < -0.3 is 9.72 Å². The Morgan fingerprint density at radius 3 is 2.56 bits per heavy atom. The number of aromatic amines is 1. The van der Waals surface area contributed by atoms with Gasteiger partial charge in [0.15, 0.2) is 9.84 Å². The zero-order valence-electron chi connectivity index (χ0n) is 17.4. The molecule has 2 aromatic heterocycles. The minimum Gasteiger partial charge on any atom is -0.462 e. The average molecular weight is 452 g/mol. The van der Waals surface area contributed by atoms with Crippen molar-refractivity contribution in [3.8, 4) is 0 Å². The van der Waals surface area contributed by atoms with Crippen molar-refractivity contribution < 1.29 is 22.7 Å². The van der Waals surface area contributed by atoms with Gasteiger partial charge in [-0.3, -0.25) is 15.1 Å². The van der Waals surface area contributed by atoms with Gasteiger partial charge in [0.05, 0.1) is 28.3 Å². The molecule has 0 aliphatic heterocycles. The van der Waals surface area contributed by atoms with Gasteiger partial charge in [0.25, 0.3) is 5.91 Å². The van der Waals surface area contributed by atoms with Crippen molar-refractivity contribution in [2.75, 3.05) is 17.7 Å². The molecule has 0 fully saturated rings. The number of amides is 1. The fraction of sp³-hybridized carbons (Fsp3) is 0.182. The minimum absolute atomic E-state index is 0.00282. The van der Waals surface area contributed by atoms with Gasteiger partial charge in [-0.1, -0.05) is 31.2 Å². The third-order valence-corrected chi connectivity index (χ3v) is 6.60. The lowest BCUT2D eigenvalue weighted by Gasteiger charge is -2.06. The Morgan fingerprint density at radius 1 is 1.09 bits per heavy atom. The Labute approximate surface area is 183 Å². The van der Waals surface area contributed by atoms with Crippen molar-refractivity contribution >= 4 is 49.5 Å². The number of fused-ring (bicyclic) bond motifs is 2. The number of nitrogens with one attached hydrogen (secondary N) is 2. The molecule has 0 radical (unpaired) electrons. The summed E-state index contributed by atoms with van der Waals surface area (Å²) in [6.07, 6.45) is 1.60. The van der Waals surface area contributed by atoms with Gasteiger partial charge in [-0.15, -0.1) is 0 Å². The first-order chi connectivity index (χ1) is 15.3. The van der Waals surface area contributed by atoms with E-state index in [-0.39, 0.29) is 45.5 Å². The van der Waals surface area contributed by atoms with E-state index in [2.05, 4.69) is 20.3 Å². The van der Waals surface area contributed by atoms with E-state index in [1.807, 2.05) is 24.3 Å².